The molecule has 72 valence electrons. The van der Waals surface area contributed by atoms with Crippen LogP contribution in [0, 0.1) is 13.8 Å². The van der Waals surface area contributed by atoms with E-state index < -0.39 is 5.97 Å². The van der Waals surface area contributed by atoms with Gasteiger partial charge >= 0.3 is 5.97 Å². The zero-order valence-corrected chi connectivity index (χ0v) is 7.72. The predicted molar refractivity (Wildman–Crippen MR) is 47.2 cm³/mol. The van der Waals surface area contributed by atoms with E-state index in [1.54, 1.807) is 18.2 Å². The van der Waals surface area contributed by atoms with Crippen molar-refractivity contribution < 1.29 is 9.90 Å². The maximum atomic E-state index is 10.6. The first kappa shape index (κ1) is 8.61. The first-order chi connectivity index (χ1) is 6.58. The molecule has 2 heterocycles. The molecule has 0 atom stereocenters. The summed E-state index contributed by atoms with van der Waals surface area (Å²) in [5.74, 6) is 0.560. The molecule has 0 radical (unpaired) electrons. The van der Waals surface area contributed by atoms with Gasteiger partial charge in [-0.3, -0.25) is 4.40 Å². The van der Waals surface area contributed by atoms with Crippen LogP contribution < -0.4 is 0 Å². The van der Waals surface area contributed by atoms with E-state index in [1.165, 1.54) is 6.20 Å². The highest BCUT2D eigenvalue weighted by molar-refractivity contribution is 5.85. The number of nitrogens with zero attached hydrogens (tertiary/aromatic N) is 4. The van der Waals surface area contributed by atoms with Crippen molar-refractivity contribution in [1.29, 1.82) is 0 Å². The number of hydrogen-bond donors (Lipinski definition) is 1. The van der Waals surface area contributed by atoms with Crippen LogP contribution in [0.15, 0.2) is 6.20 Å². The van der Waals surface area contributed by atoms with Crippen molar-refractivity contribution in [2.75, 3.05) is 0 Å². The minimum Gasteiger partial charge on any atom is -0.476 e. The van der Waals surface area contributed by atoms with E-state index in [9.17, 15) is 4.79 Å². The number of aryl methyl sites for hydroxylation is 2. The molecule has 0 aromatic carbocycles. The zero-order chi connectivity index (χ0) is 10.3. The zero-order valence-electron chi connectivity index (χ0n) is 7.72. The van der Waals surface area contributed by atoms with Gasteiger partial charge in [-0.2, -0.15) is 4.98 Å². The molecule has 2 aromatic rings. The van der Waals surface area contributed by atoms with Gasteiger partial charge in [-0.25, -0.2) is 14.8 Å². The molecule has 2 rings (SSSR count). The van der Waals surface area contributed by atoms with E-state index in [2.05, 4.69) is 15.0 Å². The van der Waals surface area contributed by atoms with Crippen LogP contribution in [0.25, 0.3) is 5.78 Å². The fourth-order valence-electron chi connectivity index (χ4n) is 1.25. The molecule has 0 aliphatic rings. The molecule has 0 aliphatic carbocycles. The summed E-state index contributed by atoms with van der Waals surface area (Å²) in [5.41, 5.74) is -0.0204. The summed E-state index contributed by atoms with van der Waals surface area (Å²) in [7, 11) is 0. The van der Waals surface area contributed by atoms with Crippen LogP contribution >= 0.6 is 0 Å². The number of carboxylic acids is 1. The highest BCUT2D eigenvalue weighted by atomic mass is 16.4. The third-order valence-electron chi connectivity index (χ3n) is 1.84. The van der Waals surface area contributed by atoms with Gasteiger partial charge in [0.25, 0.3) is 0 Å². The molecule has 0 saturated heterocycles. The van der Waals surface area contributed by atoms with Crippen LogP contribution in [-0.4, -0.2) is 30.4 Å². The minimum absolute atomic E-state index is 0.0204. The molecular formula is C8H8N4O2. The van der Waals surface area contributed by atoms with Crippen LogP contribution in [-0.2, 0) is 0 Å². The second-order valence-corrected chi connectivity index (χ2v) is 2.92. The quantitative estimate of drug-likeness (QED) is 0.709. The second-order valence-electron chi connectivity index (χ2n) is 2.92. The molecule has 0 bridgehead atoms. The minimum atomic E-state index is -1.06. The topological polar surface area (TPSA) is 80.4 Å². The van der Waals surface area contributed by atoms with E-state index in [4.69, 9.17) is 5.11 Å². The maximum absolute atomic E-state index is 10.6. The van der Waals surface area contributed by atoms with Gasteiger partial charge in [-0.15, -0.1) is 0 Å². The standard InChI is InChI=1S/C8H8N4O2/c1-4-9-5(2)12-3-6(7(13)14)11-8(12)10-4/h3H,1-2H3,(H,13,14). The van der Waals surface area contributed by atoms with Gasteiger partial charge in [0.15, 0.2) is 5.69 Å². The van der Waals surface area contributed by atoms with Gasteiger partial charge < -0.3 is 5.11 Å². The Morgan fingerprint density at radius 1 is 1.36 bits per heavy atom. The predicted octanol–water partition coefficient (Wildman–Crippen LogP) is 0.439. The normalized spacial score (nSPS) is 10.7. The van der Waals surface area contributed by atoms with E-state index in [0.29, 0.717) is 17.4 Å². The maximum Gasteiger partial charge on any atom is 0.356 e. The van der Waals surface area contributed by atoms with Crippen molar-refractivity contribution in [3.05, 3.63) is 23.5 Å². The monoisotopic (exact) mass is 192 g/mol. The smallest absolute Gasteiger partial charge is 0.356 e. The van der Waals surface area contributed by atoms with Crippen molar-refractivity contribution in [1.82, 2.24) is 19.4 Å². The number of rotatable bonds is 1. The second kappa shape index (κ2) is 2.76. The molecule has 2 aromatic heterocycles. The summed E-state index contributed by atoms with van der Waals surface area (Å²) in [6.07, 6.45) is 1.41. The Morgan fingerprint density at radius 2 is 2.07 bits per heavy atom. The molecule has 0 saturated carbocycles. The van der Waals surface area contributed by atoms with Gasteiger partial charge in [0.1, 0.15) is 11.6 Å². The van der Waals surface area contributed by atoms with E-state index >= 15 is 0 Å². The van der Waals surface area contributed by atoms with Crippen molar-refractivity contribution >= 4 is 11.7 Å². The van der Waals surface area contributed by atoms with Crippen molar-refractivity contribution in [3.63, 3.8) is 0 Å². The lowest BCUT2D eigenvalue weighted by molar-refractivity contribution is 0.0691. The van der Waals surface area contributed by atoms with Crippen LogP contribution in [0.4, 0.5) is 0 Å². The van der Waals surface area contributed by atoms with E-state index in [0.717, 1.165) is 0 Å². The molecule has 0 aliphatic heterocycles. The highest BCUT2D eigenvalue weighted by Crippen LogP contribution is 2.05. The summed E-state index contributed by atoms with van der Waals surface area (Å²) in [5, 5.41) is 8.72. The molecular weight excluding hydrogens is 184 g/mol. The van der Waals surface area contributed by atoms with E-state index in [1.807, 2.05) is 0 Å². The molecule has 0 spiro atoms. The average Bonchev–Trinajstić information content (AvgIpc) is 2.47. The molecule has 14 heavy (non-hydrogen) atoms. The van der Waals surface area contributed by atoms with Gasteiger partial charge in [0.05, 0.1) is 0 Å². The number of fused-ring (bicyclic) bond motifs is 1. The summed E-state index contributed by atoms with van der Waals surface area (Å²) in [6.45, 7) is 3.51. The first-order valence-electron chi connectivity index (χ1n) is 4.01. The lowest BCUT2D eigenvalue weighted by Gasteiger charge is -1.97. The number of aromatic nitrogens is 4. The number of aromatic carboxylic acids is 1. The Balaban J connectivity index is 2.76. The van der Waals surface area contributed by atoms with Crippen molar-refractivity contribution in [2.45, 2.75) is 13.8 Å². The Morgan fingerprint density at radius 3 is 2.71 bits per heavy atom. The Labute approximate surface area is 79.3 Å². The molecule has 1 N–H and O–H groups in total. The van der Waals surface area contributed by atoms with Gasteiger partial charge in [-0.1, -0.05) is 0 Å². The molecule has 0 fully saturated rings. The fraction of sp³-hybridized carbons (Fsp3) is 0.250. The number of carboxylic acid groups (broad SMARTS) is 1. The summed E-state index contributed by atoms with van der Waals surface area (Å²) < 4.78 is 1.55. The number of hydrogen-bond acceptors (Lipinski definition) is 4. The van der Waals surface area contributed by atoms with E-state index in [-0.39, 0.29) is 5.69 Å². The average molecular weight is 192 g/mol. The lowest BCUT2D eigenvalue weighted by Crippen LogP contribution is -1.99. The molecule has 0 amide bonds. The first-order valence-corrected chi connectivity index (χ1v) is 4.01. The van der Waals surface area contributed by atoms with Crippen LogP contribution in [0.2, 0.25) is 0 Å². The Hall–Kier alpha value is -1.98. The van der Waals surface area contributed by atoms with Gasteiger partial charge in [0, 0.05) is 6.20 Å². The molecule has 6 heteroatoms. The highest BCUT2D eigenvalue weighted by Gasteiger charge is 2.11. The van der Waals surface area contributed by atoms with Crippen LogP contribution in [0.3, 0.4) is 0 Å². The lowest BCUT2D eigenvalue weighted by atomic mass is 10.5. The van der Waals surface area contributed by atoms with Gasteiger partial charge in [-0.05, 0) is 13.8 Å². The van der Waals surface area contributed by atoms with Crippen LogP contribution in [0.1, 0.15) is 22.1 Å². The number of imidazole rings is 1. The SMILES string of the molecule is Cc1nc(C)n2cc(C(=O)O)nc2n1. The molecule has 6 nitrogen and oxygen atoms in total. The Kier molecular flexibility index (Phi) is 1.70. The summed E-state index contributed by atoms with van der Waals surface area (Å²) >= 11 is 0. The third-order valence-corrected chi connectivity index (χ3v) is 1.84. The van der Waals surface area contributed by atoms with Gasteiger partial charge in [0.2, 0.25) is 5.78 Å². The largest absolute Gasteiger partial charge is 0.476 e. The van der Waals surface area contributed by atoms with Crippen LogP contribution in [0.5, 0.6) is 0 Å². The van der Waals surface area contributed by atoms with Crippen molar-refractivity contribution in [2.24, 2.45) is 0 Å². The molecule has 0 unspecified atom stereocenters. The Bertz CT molecular complexity index is 517. The summed E-state index contributed by atoms with van der Waals surface area (Å²) in [4.78, 5) is 22.6. The fourth-order valence-corrected chi connectivity index (χ4v) is 1.25. The third kappa shape index (κ3) is 1.20. The number of carbonyl (C=O) groups is 1. The summed E-state index contributed by atoms with van der Waals surface area (Å²) in [6, 6.07) is 0. The van der Waals surface area contributed by atoms with Crippen molar-refractivity contribution in [3.8, 4) is 0 Å².